The van der Waals surface area contributed by atoms with Gasteiger partial charge in [-0.25, -0.2) is 13.6 Å². The van der Waals surface area contributed by atoms with Gasteiger partial charge in [0, 0.05) is 28.9 Å². The Morgan fingerprint density at radius 2 is 2.10 bits per heavy atom. The van der Waals surface area contributed by atoms with E-state index in [1.165, 1.54) is 0 Å². The van der Waals surface area contributed by atoms with E-state index in [-0.39, 0.29) is 22.8 Å². The van der Waals surface area contributed by atoms with Gasteiger partial charge < -0.3 is 5.32 Å². The Bertz CT molecular complexity index is 609. The number of sulfonamides is 1. The second-order valence-corrected chi connectivity index (χ2v) is 7.33. The molecular weight excluding hydrogens is 304 g/mol. The first-order chi connectivity index (χ1) is 9.31. The number of primary sulfonamides is 1. The summed E-state index contributed by atoms with van der Waals surface area (Å²) in [5, 5.41) is 13.8. The van der Waals surface area contributed by atoms with Crippen molar-refractivity contribution in [2.45, 2.75) is 25.2 Å². The summed E-state index contributed by atoms with van der Waals surface area (Å²) in [5.41, 5.74) is 0.0291. The average Bonchev–Trinajstić information content (AvgIpc) is 2.82. The molecule has 114 valence electrons. The maximum absolute atomic E-state index is 11.9. The lowest BCUT2D eigenvalue weighted by Crippen LogP contribution is -2.30. The summed E-state index contributed by atoms with van der Waals surface area (Å²) < 4.78 is 34.3. The van der Waals surface area contributed by atoms with Crippen molar-refractivity contribution in [3.05, 3.63) is 11.4 Å². The fourth-order valence-corrected chi connectivity index (χ4v) is 3.13. The molecule has 0 spiro atoms. The smallest absolute Gasteiger partial charge is 0.273 e. The van der Waals surface area contributed by atoms with Gasteiger partial charge in [-0.1, -0.05) is 13.8 Å². The summed E-state index contributed by atoms with van der Waals surface area (Å²) in [6, 6.07) is 0. The van der Waals surface area contributed by atoms with Crippen LogP contribution in [0.2, 0.25) is 0 Å². The topological polar surface area (TPSA) is 135 Å². The molecule has 1 rings (SSSR count). The zero-order valence-corrected chi connectivity index (χ0v) is 12.9. The zero-order valence-electron chi connectivity index (χ0n) is 11.3. The van der Waals surface area contributed by atoms with Gasteiger partial charge in [0.15, 0.2) is 5.69 Å². The Morgan fingerprint density at radius 1 is 1.45 bits per heavy atom. The lowest BCUT2D eigenvalue weighted by Gasteiger charge is -2.04. The number of aromatic amines is 1. The predicted molar refractivity (Wildman–Crippen MR) is 75.2 cm³/mol. The molecule has 0 saturated heterocycles. The van der Waals surface area contributed by atoms with Gasteiger partial charge in [0.05, 0.1) is 5.69 Å². The number of aromatic nitrogens is 2. The molecule has 0 aliphatic carbocycles. The Morgan fingerprint density at radius 3 is 2.60 bits per heavy atom. The second kappa shape index (κ2) is 6.95. The summed E-state index contributed by atoms with van der Waals surface area (Å²) in [7, 11) is -5.04. The molecule has 0 radical (unpaired) electrons. The standard InChI is InChI=1S/C10H18N4O4S2/c1-3-7-9(20(11,17)18)8(14-13-7)10(15)12-5-6-19(16)4-2/h3-6H2,1-2H3,(H,12,15)(H,13,14)(H2,11,17,18). The Hall–Kier alpha value is -1.26. The van der Waals surface area contributed by atoms with Crippen LogP contribution < -0.4 is 10.5 Å². The summed E-state index contributed by atoms with van der Waals surface area (Å²) in [5.74, 6) is 0.150. The Kier molecular flexibility index (Phi) is 5.84. The van der Waals surface area contributed by atoms with Crippen molar-refractivity contribution in [2.75, 3.05) is 18.1 Å². The third-order valence-corrected chi connectivity index (χ3v) is 4.89. The lowest BCUT2D eigenvalue weighted by molar-refractivity contribution is 0.0948. The van der Waals surface area contributed by atoms with Crippen molar-refractivity contribution >= 4 is 26.7 Å². The summed E-state index contributed by atoms with van der Waals surface area (Å²) in [6.07, 6.45) is 0.353. The van der Waals surface area contributed by atoms with Crippen molar-refractivity contribution in [3.8, 4) is 0 Å². The highest BCUT2D eigenvalue weighted by Gasteiger charge is 2.26. The minimum Gasteiger partial charge on any atom is -0.350 e. The zero-order chi connectivity index (χ0) is 15.3. The fraction of sp³-hybridized carbons (Fsp3) is 0.600. The molecule has 0 bridgehead atoms. The highest BCUT2D eigenvalue weighted by molar-refractivity contribution is 7.89. The number of nitrogens with two attached hydrogens (primary N) is 1. The molecule has 0 aromatic carbocycles. The molecule has 1 heterocycles. The van der Waals surface area contributed by atoms with Gasteiger partial charge in [-0.2, -0.15) is 5.10 Å². The van der Waals surface area contributed by atoms with E-state index in [9.17, 15) is 17.4 Å². The van der Waals surface area contributed by atoms with Gasteiger partial charge in [-0.3, -0.25) is 14.1 Å². The number of carbonyl (C=O) groups is 1. The fourth-order valence-electron chi connectivity index (χ4n) is 1.57. The van der Waals surface area contributed by atoms with Gasteiger partial charge in [0.2, 0.25) is 10.0 Å². The molecule has 0 aliphatic heterocycles. The molecule has 1 atom stereocenters. The number of hydrogen-bond donors (Lipinski definition) is 3. The van der Waals surface area contributed by atoms with Crippen LogP contribution in [0, 0.1) is 0 Å². The molecule has 4 N–H and O–H groups in total. The van der Waals surface area contributed by atoms with Crippen molar-refractivity contribution in [3.63, 3.8) is 0 Å². The first kappa shape index (κ1) is 16.8. The number of nitrogens with one attached hydrogen (secondary N) is 2. The van der Waals surface area contributed by atoms with Gasteiger partial charge in [0.25, 0.3) is 5.91 Å². The molecule has 0 saturated carbocycles. The molecule has 1 unspecified atom stereocenters. The molecule has 1 aromatic rings. The van der Waals surface area contributed by atoms with Crippen LogP contribution in [0.5, 0.6) is 0 Å². The molecule has 10 heteroatoms. The number of carbonyl (C=O) groups excluding carboxylic acids is 1. The first-order valence-electron chi connectivity index (χ1n) is 6.04. The minimum atomic E-state index is -4.04. The molecule has 8 nitrogen and oxygen atoms in total. The molecule has 1 aromatic heterocycles. The van der Waals surface area contributed by atoms with E-state index < -0.39 is 26.7 Å². The van der Waals surface area contributed by atoms with Crippen molar-refractivity contribution in [1.82, 2.24) is 15.5 Å². The maximum atomic E-state index is 11.9. The van der Waals surface area contributed by atoms with E-state index in [0.29, 0.717) is 17.9 Å². The Labute approximate surface area is 120 Å². The van der Waals surface area contributed by atoms with Crippen LogP contribution in [0.1, 0.15) is 30.0 Å². The predicted octanol–water partition coefficient (Wildman–Crippen LogP) is -0.882. The van der Waals surface area contributed by atoms with E-state index in [4.69, 9.17) is 5.14 Å². The van der Waals surface area contributed by atoms with E-state index in [1.807, 2.05) is 0 Å². The monoisotopic (exact) mass is 322 g/mol. The van der Waals surface area contributed by atoms with Gasteiger partial charge in [-0.05, 0) is 6.42 Å². The number of nitrogens with zero attached hydrogens (tertiary/aromatic N) is 1. The minimum absolute atomic E-state index is 0.178. The van der Waals surface area contributed by atoms with Crippen molar-refractivity contribution in [2.24, 2.45) is 5.14 Å². The van der Waals surface area contributed by atoms with Crippen LogP contribution in [0.25, 0.3) is 0 Å². The molecule has 0 aliphatic rings. The largest absolute Gasteiger partial charge is 0.350 e. The normalized spacial score (nSPS) is 13.2. The van der Waals surface area contributed by atoms with Gasteiger partial charge in [0.1, 0.15) is 4.90 Å². The summed E-state index contributed by atoms with van der Waals surface area (Å²) >= 11 is 0. The van der Waals surface area contributed by atoms with Gasteiger partial charge in [-0.15, -0.1) is 0 Å². The number of rotatable bonds is 7. The van der Waals surface area contributed by atoms with Crippen LogP contribution in [0.4, 0.5) is 0 Å². The summed E-state index contributed by atoms with van der Waals surface area (Å²) in [4.78, 5) is 11.6. The molecular formula is C10H18N4O4S2. The number of hydrogen-bond acceptors (Lipinski definition) is 5. The summed E-state index contributed by atoms with van der Waals surface area (Å²) in [6.45, 7) is 3.67. The van der Waals surface area contributed by atoms with Gasteiger partial charge >= 0.3 is 0 Å². The first-order valence-corrected chi connectivity index (χ1v) is 9.07. The van der Waals surface area contributed by atoms with Crippen LogP contribution >= 0.6 is 0 Å². The molecule has 20 heavy (non-hydrogen) atoms. The van der Waals surface area contributed by atoms with E-state index in [1.54, 1.807) is 13.8 Å². The number of aryl methyl sites for hydroxylation is 1. The second-order valence-electron chi connectivity index (χ2n) is 3.97. The highest BCUT2D eigenvalue weighted by atomic mass is 32.2. The quantitative estimate of drug-likeness (QED) is 0.599. The van der Waals surface area contributed by atoms with Crippen molar-refractivity contribution in [1.29, 1.82) is 0 Å². The number of H-pyrrole nitrogens is 1. The Balaban J connectivity index is 2.89. The SMILES string of the molecule is CCc1[nH]nc(C(=O)NCCS(=O)CC)c1S(N)(=O)=O. The third-order valence-electron chi connectivity index (χ3n) is 2.58. The lowest BCUT2D eigenvalue weighted by atomic mass is 10.3. The maximum Gasteiger partial charge on any atom is 0.273 e. The highest BCUT2D eigenvalue weighted by Crippen LogP contribution is 2.17. The van der Waals surface area contributed by atoms with E-state index >= 15 is 0 Å². The van der Waals surface area contributed by atoms with Crippen LogP contribution in [-0.4, -0.2) is 46.8 Å². The number of amides is 1. The molecule has 1 amide bonds. The third kappa shape index (κ3) is 4.12. The van der Waals surface area contributed by atoms with Crippen LogP contribution in [-0.2, 0) is 27.2 Å². The van der Waals surface area contributed by atoms with Crippen LogP contribution in [0.3, 0.4) is 0 Å². The van der Waals surface area contributed by atoms with E-state index in [2.05, 4.69) is 15.5 Å². The average molecular weight is 322 g/mol. The molecule has 0 fully saturated rings. The van der Waals surface area contributed by atoms with Crippen molar-refractivity contribution < 1.29 is 17.4 Å². The van der Waals surface area contributed by atoms with E-state index in [0.717, 1.165) is 0 Å². The van der Waals surface area contributed by atoms with Crippen LogP contribution in [0.15, 0.2) is 4.90 Å².